The number of carbonyl (C=O) groups is 2. The highest BCUT2D eigenvalue weighted by Gasteiger charge is 2.33. The maximum atomic E-state index is 13.3. The van der Waals surface area contributed by atoms with E-state index in [1.165, 1.54) is 29.2 Å². The smallest absolute Gasteiger partial charge is 0.271 e. The van der Waals surface area contributed by atoms with Crippen LogP contribution in [0.15, 0.2) is 76.1 Å². The number of benzene rings is 3. The lowest BCUT2D eigenvalue weighted by molar-refractivity contribution is -0.118. The zero-order chi connectivity index (χ0) is 24.2. The highest BCUT2D eigenvalue weighted by Crippen LogP contribution is 2.37. The van der Waals surface area contributed by atoms with Crippen molar-refractivity contribution in [3.8, 4) is 5.75 Å². The average Bonchev–Trinajstić information content (AvgIpc) is 3.08. The van der Waals surface area contributed by atoms with E-state index in [0.717, 1.165) is 16.2 Å². The van der Waals surface area contributed by atoms with Crippen LogP contribution in [0.1, 0.15) is 5.56 Å². The number of amidine groups is 1. The van der Waals surface area contributed by atoms with Gasteiger partial charge in [-0.1, -0.05) is 27.5 Å². The molecule has 0 saturated carbocycles. The Labute approximate surface area is 212 Å². The van der Waals surface area contributed by atoms with E-state index < -0.39 is 11.7 Å². The fraction of sp³-hybridized carbons (Fsp3) is 0.0417. The molecule has 1 heterocycles. The molecule has 4 rings (SSSR count). The van der Waals surface area contributed by atoms with Gasteiger partial charge < -0.3 is 10.1 Å². The number of ether oxygens (including phenoxy) is 1. The molecule has 6 nitrogen and oxygen atoms in total. The average molecular weight is 561 g/mol. The third-order valence-electron chi connectivity index (χ3n) is 4.65. The molecule has 34 heavy (non-hydrogen) atoms. The number of nitrogens with zero attached hydrogens (tertiary/aromatic N) is 1. The minimum absolute atomic E-state index is 0.00247. The minimum atomic E-state index is -0.429. The quantitative estimate of drug-likeness (QED) is 0.346. The number of hydrogen-bond acceptors (Lipinski definition) is 5. The molecule has 10 heteroatoms. The molecule has 3 aromatic carbocycles. The van der Waals surface area contributed by atoms with Crippen LogP contribution in [-0.2, 0) is 9.59 Å². The fourth-order valence-electron chi connectivity index (χ4n) is 3.09. The Hall–Kier alpha value is -3.14. The van der Waals surface area contributed by atoms with E-state index in [2.05, 4.69) is 21.2 Å². The second-order valence-electron chi connectivity index (χ2n) is 7.06. The van der Waals surface area contributed by atoms with Gasteiger partial charge in [0.2, 0.25) is 0 Å². The number of thioether (sulfide) groups is 1. The first-order valence-electron chi connectivity index (χ1n) is 9.86. The van der Waals surface area contributed by atoms with Gasteiger partial charge >= 0.3 is 0 Å². The van der Waals surface area contributed by atoms with Crippen LogP contribution in [0.4, 0.5) is 15.8 Å². The van der Waals surface area contributed by atoms with E-state index >= 15 is 0 Å². The maximum Gasteiger partial charge on any atom is 0.271 e. The van der Waals surface area contributed by atoms with Crippen LogP contribution < -0.4 is 15.0 Å². The van der Waals surface area contributed by atoms with Gasteiger partial charge in [0.1, 0.15) is 11.6 Å². The van der Waals surface area contributed by atoms with E-state index in [4.69, 9.17) is 21.7 Å². The van der Waals surface area contributed by atoms with E-state index in [0.29, 0.717) is 32.6 Å². The van der Waals surface area contributed by atoms with Crippen LogP contribution in [0.2, 0.25) is 5.02 Å². The molecular weight excluding hydrogens is 545 g/mol. The van der Waals surface area contributed by atoms with Gasteiger partial charge in [-0.05, 0) is 84.6 Å². The van der Waals surface area contributed by atoms with Gasteiger partial charge in [0, 0.05) is 20.7 Å². The van der Waals surface area contributed by atoms with Crippen molar-refractivity contribution >= 4 is 73.7 Å². The Bertz CT molecular complexity index is 1300. The molecule has 2 amide bonds. The van der Waals surface area contributed by atoms with Gasteiger partial charge in [-0.3, -0.25) is 19.9 Å². The van der Waals surface area contributed by atoms with Crippen molar-refractivity contribution in [1.82, 2.24) is 0 Å². The molecule has 1 aliphatic heterocycles. The van der Waals surface area contributed by atoms with Gasteiger partial charge in [-0.2, -0.15) is 0 Å². The van der Waals surface area contributed by atoms with Crippen molar-refractivity contribution in [2.45, 2.75) is 0 Å². The lowest BCUT2D eigenvalue weighted by Gasteiger charge is -2.14. The molecular formula is C24H16BrClFN3O3S. The number of carbonyl (C=O) groups excluding carboxylic acids is 2. The molecule has 0 aliphatic carbocycles. The van der Waals surface area contributed by atoms with Gasteiger partial charge in [0.15, 0.2) is 11.8 Å². The molecule has 2 N–H and O–H groups in total. The molecule has 0 bridgehead atoms. The summed E-state index contributed by atoms with van der Waals surface area (Å²) in [6.45, 7) is -0.251. The summed E-state index contributed by atoms with van der Waals surface area (Å²) in [4.78, 5) is 26.8. The summed E-state index contributed by atoms with van der Waals surface area (Å²) in [5, 5.41) is 11.5. The summed E-state index contributed by atoms with van der Waals surface area (Å²) in [6.07, 6.45) is 1.60. The van der Waals surface area contributed by atoms with Crippen molar-refractivity contribution in [2.24, 2.45) is 0 Å². The molecule has 172 valence electrons. The monoisotopic (exact) mass is 559 g/mol. The number of halogens is 3. The first-order valence-corrected chi connectivity index (χ1v) is 11.8. The van der Waals surface area contributed by atoms with Crippen LogP contribution >= 0.6 is 39.3 Å². The number of rotatable bonds is 6. The molecule has 1 saturated heterocycles. The van der Waals surface area contributed by atoms with Crippen LogP contribution in [-0.4, -0.2) is 23.6 Å². The Kier molecular flexibility index (Phi) is 7.35. The maximum absolute atomic E-state index is 13.3. The third-order valence-corrected chi connectivity index (χ3v) is 6.29. The molecule has 1 aliphatic rings. The Morgan fingerprint density at radius 1 is 1.15 bits per heavy atom. The second-order valence-corrected chi connectivity index (χ2v) is 9.44. The van der Waals surface area contributed by atoms with Crippen molar-refractivity contribution in [3.05, 3.63) is 92.5 Å². The molecule has 0 atom stereocenters. The first-order chi connectivity index (χ1) is 16.3. The predicted molar refractivity (Wildman–Crippen MR) is 137 cm³/mol. The summed E-state index contributed by atoms with van der Waals surface area (Å²) in [6, 6.07) is 17.2. The fourth-order valence-corrected chi connectivity index (χ4v) is 4.45. The minimum Gasteiger partial charge on any atom is -0.483 e. The summed E-state index contributed by atoms with van der Waals surface area (Å²) < 4.78 is 19.7. The van der Waals surface area contributed by atoms with Gasteiger partial charge in [-0.25, -0.2) is 4.39 Å². The molecule has 1 fully saturated rings. The highest BCUT2D eigenvalue weighted by atomic mass is 79.9. The third kappa shape index (κ3) is 5.67. The van der Waals surface area contributed by atoms with Crippen molar-refractivity contribution in [1.29, 1.82) is 5.41 Å². The largest absolute Gasteiger partial charge is 0.483 e. The summed E-state index contributed by atoms with van der Waals surface area (Å²) >= 11 is 10.2. The number of anilines is 2. The lowest BCUT2D eigenvalue weighted by Crippen LogP contribution is -2.28. The Morgan fingerprint density at radius 2 is 1.85 bits per heavy atom. The number of amides is 2. The van der Waals surface area contributed by atoms with Gasteiger partial charge in [0.05, 0.1) is 10.6 Å². The standard InChI is InChI=1S/C24H16BrClFN3O3S/c25-15-1-10-20(33-13-22(31)29-18-6-2-16(26)3-7-18)14(11-15)12-21-23(32)30(24(28)34-21)19-8-4-17(27)5-9-19/h1-12,28H,13H2,(H,29,31)/b21-12-,28-24?. The zero-order valence-corrected chi connectivity index (χ0v) is 20.5. The van der Waals surface area contributed by atoms with Crippen molar-refractivity contribution < 1.29 is 18.7 Å². The lowest BCUT2D eigenvalue weighted by atomic mass is 10.2. The zero-order valence-electron chi connectivity index (χ0n) is 17.3. The van der Waals surface area contributed by atoms with E-state index in [1.807, 2.05) is 0 Å². The SMILES string of the molecule is N=C1S/C(=C\c2cc(Br)ccc2OCC(=O)Nc2ccc(Cl)cc2)C(=O)N1c1ccc(F)cc1. The molecule has 0 spiro atoms. The second kappa shape index (κ2) is 10.4. The highest BCUT2D eigenvalue weighted by molar-refractivity contribution is 9.10. The summed E-state index contributed by atoms with van der Waals surface area (Å²) in [5.41, 5.74) is 1.54. The topological polar surface area (TPSA) is 82.5 Å². The molecule has 3 aromatic rings. The normalized spacial score (nSPS) is 14.6. The predicted octanol–water partition coefficient (Wildman–Crippen LogP) is 6.31. The Balaban J connectivity index is 1.51. The molecule has 0 unspecified atom stereocenters. The van der Waals surface area contributed by atoms with Crippen molar-refractivity contribution in [2.75, 3.05) is 16.8 Å². The summed E-state index contributed by atoms with van der Waals surface area (Å²) in [5.74, 6) is -0.809. The van der Waals surface area contributed by atoms with Crippen molar-refractivity contribution in [3.63, 3.8) is 0 Å². The Morgan fingerprint density at radius 3 is 2.56 bits per heavy atom. The van der Waals surface area contributed by atoms with Gasteiger partial charge in [-0.15, -0.1) is 0 Å². The number of nitrogens with one attached hydrogen (secondary N) is 2. The first kappa shape index (κ1) is 24.0. The van der Waals surface area contributed by atoms with E-state index in [-0.39, 0.29) is 17.7 Å². The molecule has 0 aromatic heterocycles. The van der Waals surface area contributed by atoms with Gasteiger partial charge in [0.25, 0.3) is 11.8 Å². The van der Waals surface area contributed by atoms with Crippen LogP contribution in [0, 0.1) is 11.2 Å². The van der Waals surface area contributed by atoms with Crippen LogP contribution in [0.5, 0.6) is 5.75 Å². The van der Waals surface area contributed by atoms with E-state index in [1.54, 1.807) is 48.5 Å². The van der Waals surface area contributed by atoms with E-state index in [9.17, 15) is 14.0 Å². The number of hydrogen-bond donors (Lipinski definition) is 2. The van der Waals surface area contributed by atoms with Crippen LogP contribution in [0.25, 0.3) is 6.08 Å². The molecule has 0 radical (unpaired) electrons. The summed E-state index contributed by atoms with van der Waals surface area (Å²) in [7, 11) is 0. The van der Waals surface area contributed by atoms with Crippen LogP contribution in [0.3, 0.4) is 0 Å².